The third-order valence-electron chi connectivity index (χ3n) is 3.25. The van der Waals surface area contributed by atoms with Crippen molar-refractivity contribution in [3.8, 4) is 0 Å². The maximum absolute atomic E-state index is 5.85. The fraction of sp³-hybridized carbons (Fsp3) is 1.00. The van der Waals surface area contributed by atoms with Crippen molar-refractivity contribution in [1.29, 1.82) is 0 Å². The predicted molar refractivity (Wildman–Crippen MR) is 60.9 cm³/mol. The highest BCUT2D eigenvalue weighted by molar-refractivity contribution is 4.90. The second-order valence-electron chi connectivity index (χ2n) is 4.48. The summed E-state index contributed by atoms with van der Waals surface area (Å²) < 4.78 is 10.9. The number of hydrogen-bond donors (Lipinski definition) is 1. The maximum atomic E-state index is 5.85. The molecule has 4 heteroatoms. The van der Waals surface area contributed by atoms with Crippen LogP contribution < -0.4 is 5.73 Å². The van der Waals surface area contributed by atoms with E-state index in [4.69, 9.17) is 15.2 Å². The van der Waals surface area contributed by atoms with Crippen molar-refractivity contribution in [1.82, 2.24) is 4.90 Å². The van der Waals surface area contributed by atoms with E-state index >= 15 is 0 Å². The highest BCUT2D eigenvalue weighted by Crippen LogP contribution is 2.19. The van der Waals surface area contributed by atoms with Crippen molar-refractivity contribution in [2.75, 3.05) is 40.0 Å². The molecule has 0 radical (unpaired) electrons. The van der Waals surface area contributed by atoms with Crippen molar-refractivity contribution in [3.05, 3.63) is 0 Å². The first kappa shape index (κ1) is 12.9. The number of hydrogen-bond acceptors (Lipinski definition) is 4. The summed E-state index contributed by atoms with van der Waals surface area (Å²) in [6, 6.07) is 0. The van der Waals surface area contributed by atoms with Crippen molar-refractivity contribution < 1.29 is 9.47 Å². The maximum Gasteiger partial charge on any atom is 0.0700 e. The van der Waals surface area contributed by atoms with Crippen LogP contribution in [0.4, 0.5) is 0 Å². The average molecular weight is 216 g/mol. The fourth-order valence-electron chi connectivity index (χ4n) is 2.05. The average Bonchev–Trinajstić information content (AvgIpc) is 2.29. The third-order valence-corrected chi connectivity index (χ3v) is 3.25. The molecule has 1 saturated heterocycles. The second kappa shape index (κ2) is 5.80. The Kier molecular flexibility index (Phi) is 4.99. The smallest absolute Gasteiger partial charge is 0.0700 e. The quantitative estimate of drug-likeness (QED) is 0.725. The molecule has 1 fully saturated rings. The van der Waals surface area contributed by atoms with Crippen LogP contribution in [-0.2, 0) is 9.47 Å². The van der Waals surface area contributed by atoms with Crippen molar-refractivity contribution in [2.24, 2.45) is 5.73 Å². The summed E-state index contributed by atoms with van der Waals surface area (Å²) in [4.78, 5) is 2.40. The summed E-state index contributed by atoms with van der Waals surface area (Å²) in [5, 5.41) is 0. The number of nitrogens with two attached hydrogens (primary N) is 1. The molecule has 0 saturated carbocycles. The lowest BCUT2D eigenvalue weighted by Crippen LogP contribution is -2.59. The van der Waals surface area contributed by atoms with Crippen LogP contribution in [-0.4, -0.2) is 56.5 Å². The number of morpholine rings is 1. The Balaban J connectivity index is 2.58. The van der Waals surface area contributed by atoms with Crippen molar-refractivity contribution in [3.63, 3.8) is 0 Å². The van der Waals surface area contributed by atoms with E-state index in [1.807, 2.05) is 0 Å². The van der Waals surface area contributed by atoms with E-state index in [0.29, 0.717) is 19.3 Å². The van der Waals surface area contributed by atoms with Gasteiger partial charge in [0.1, 0.15) is 0 Å². The van der Waals surface area contributed by atoms with Crippen LogP contribution in [0.15, 0.2) is 0 Å². The molecule has 4 nitrogen and oxygen atoms in total. The minimum Gasteiger partial charge on any atom is -0.383 e. The minimum absolute atomic E-state index is 0.0497. The Labute approximate surface area is 92.7 Å². The first-order chi connectivity index (χ1) is 7.16. The van der Waals surface area contributed by atoms with Crippen LogP contribution in [0.2, 0.25) is 0 Å². The molecule has 2 atom stereocenters. The molecule has 1 aliphatic rings. The van der Waals surface area contributed by atoms with Gasteiger partial charge in [0.05, 0.1) is 24.9 Å². The molecule has 1 rings (SSSR count). The molecule has 0 amide bonds. The summed E-state index contributed by atoms with van der Waals surface area (Å²) in [7, 11) is 1.73. The molecule has 0 bridgehead atoms. The highest BCUT2D eigenvalue weighted by Gasteiger charge is 2.34. The Hall–Kier alpha value is -0.160. The molecule has 1 aliphatic heterocycles. The fourth-order valence-corrected chi connectivity index (χ4v) is 2.05. The number of rotatable bonds is 5. The van der Waals surface area contributed by atoms with Gasteiger partial charge in [0.25, 0.3) is 0 Å². The van der Waals surface area contributed by atoms with Crippen molar-refractivity contribution >= 4 is 0 Å². The molecule has 0 aromatic rings. The summed E-state index contributed by atoms with van der Waals surface area (Å²) in [5.74, 6) is 0. The van der Waals surface area contributed by atoms with Gasteiger partial charge in [-0.25, -0.2) is 0 Å². The minimum atomic E-state index is -0.0497. The molecule has 0 aromatic carbocycles. The number of methoxy groups -OCH3 is 1. The first-order valence-electron chi connectivity index (χ1n) is 5.72. The zero-order valence-electron chi connectivity index (χ0n) is 10.2. The normalized spacial score (nSPS) is 27.6. The summed E-state index contributed by atoms with van der Waals surface area (Å²) in [5.41, 5.74) is 5.80. The Morgan fingerprint density at radius 3 is 2.87 bits per heavy atom. The molecular formula is C11H24N2O2. The second-order valence-corrected chi connectivity index (χ2v) is 4.48. The van der Waals surface area contributed by atoms with E-state index in [1.165, 1.54) is 0 Å². The van der Waals surface area contributed by atoms with E-state index in [0.717, 1.165) is 26.1 Å². The molecule has 2 N–H and O–H groups in total. The van der Waals surface area contributed by atoms with E-state index in [9.17, 15) is 0 Å². The van der Waals surface area contributed by atoms with Crippen LogP contribution in [0.25, 0.3) is 0 Å². The molecule has 1 heterocycles. The van der Waals surface area contributed by atoms with Gasteiger partial charge in [0.15, 0.2) is 0 Å². The SMILES string of the molecule is CCC1CN(C(C)(CN)COC)CCO1. The molecule has 2 unspecified atom stereocenters. The van der Waals surface area contributed by atoms with E-state index in [-0.39, 0.29) is 5.54 Å². The van der Waals surface area contributed by atoms with E-state index in [1.54, 1.807) is 7.11 Å². The van der Waals surface area contributed by atoms with Gasteiger partial charge in [-0.1, -0.05) is 6.92 Å². The molecule has 0 spiro atoms. The lowest BCUT2D eigenvalue weighted by atomic mass is 9.99. The van der Waals surface area contributed by atoms with E-state index in [2.05, 4.69) is 18.7 Å². The first-order valence-corrected chi connectivity index (χ1v) is 5.72. The van der Waals surface area contributed by atoms with Gasteiger partial charge < -0.3 is 15.2 Å². The number of ether oxygens (including phenoxy) is 2. The molecule has 0 aliphatic carbocycles. The van der Waals surface area contributed by atoms with Gasteiger partial charge in [-0.3, -0.25) is 4.90 Å². The summed E-state index contributed by atoms with van der Waals surface area (Å²) >= 11 is 0. The summed E-state index contributed by atoms with van der Waals surface area (Å²) in [6.45, 7) is 8.34. The predicted octanol–water partition coefficient (Wildman–Crippen LogP) is 0.461. The van der Waals surface area contributed by atoms with Gasteiger partial charge in [-0.15, -0.1) is 0 Å². The topological polar surface area (TPSA) is 47.7 Å². The monoisotopic (exact) mass is 216 g/mol. The van der Waals surface area contributed by atoms with Crippen LogP contribution in [0.1, 0.15) is 20.3 Å². The summed E-state index contributed by atoms with van der Waals surface area (Å²) in [6.07, 6.45) is 1.41. The van der Waals surface area contributed by atoms with Gasteiger partial charge in [0.2, 0.25) is 0 Å². The third kappa shape index (κ3) is 3.14. The van der Waals surface area contributed by atoms with Crippen LogP contribution in [0.3, 0.4) is 0 Å². The zero-order valence-corrected chi connectivity index (χ0v) is 10.2. The van der Waals surface area contributed by atoms with Gasteiger partial charge in [0, 0.05) is 26.7 Å². The largest absolute Gasteiger partial charge is 0.383 e. The van der Waals surface area contributed by atoms with Crippen LogP contribution in [0, 0.1) is 0 Å². The lowest BCUT2D eigenvalue weighted by Gasteiger charge is -2.44. The number of nitrogens with zero attached hydrogens (tertiary/aromatic N) is 1. The van der Waals surface area contributed by atoms with Gasteiger partial charge in [-0.05, 0) is 13.3 Å². The molecular weight excluding hydrogens is 192 g/mol. The van der Waals surface area contributed by atoms with Crippen LogP contribution >= 0.6 is 0 Å². The Morgan fingerprint density at radius 1 is 1.60 bits per heavy atom. The van der Waals surface area contributed by atoms with Crippen molar-refractivity contribution in [2.45, 2.75) is 31.9 Å². The molecule has 90 valence electrons. The Morgan fingerprint density at radius 2 is 2.33 bits per heavy atom. The van der Waals surface area contributed by atoms with Crippen LogP contribution in [0.5, 0.6) is 0 Å². The standard InChI is InChI=1S/C11H24N2O2/c1-4-10-7-13(5-6-15-10)11(2,8-12)9-14-3/h10H,4-9,12H2,1-3H3. The van der Waals surface area contributed by atoms with Gasteiger partial charge >= 0.3 is 0 Å². The van der Waals surface area contributed by atoms with Gasteiger partial charge in [-0.2, -0.15) is 0 Å². The lowest BCUT2D eigenvalue weighted by molar-refractivity contribution is -0.0804. The molecule has 15 heavy (non-hydrogen) atoms. The van der Waals surface area contributed by atoms with E-state index < -0.39 is 0 Å². The highest BCUT2D eigenvalue weighted by atomic mass is 16.5. The zero-order chi connectivity index (χ0) is 11.3. The Bertz CT molecular complexity index is 189. The molecule has 0 aromatic heterocycles.